The topological polar surface area (TPSA) is 23.5 Å². The van der Waals surface area contributed by atoms with E-state index in [1.54, 1.807) is 6.07 Å². The Kier molecular flexibility index (Phi) is 3.99. The first-order valence-corrected chi connectivity index (χ1v) is 6.38. The van der Waals surface area contributed by atoms with Crippen LogP contribution in [0, 0.1) is 5.92 Å². The van der Waals surface area contributed by atoms with Crippen molar-refractivity contribution in [1.82, 2.24) is 4.90 Å². The van der Waals surface area contributed by atoms with Crippen molar-refractivity contribution in [3.63, 3.8) is 0 Å². The second kappa shape index (κ2) is 5.19. The van der Waals surface area contributed by atoms with E-state index >= 15 is 0 Å². The van der Waals surface area contributed by atoms with E-state index < -0.39 is 11.7 Å². The van der Waals surface area contributed by atoms with Crippen LogP contribution >= 0.6 is 15.9 Å². The van der Waals surface area contributed by atoms with Crippen LogP contribution in [0.15, 0.2) is 22.7 Å². The molecule has 0 unspecified atom stereocenters. The number of rotatable bonds is 3. The van der Waals surface area contributed by atoms with Crippen LogP contribution in [0.5, 0.6) is 0 Å². The van der Waals surface area contributed by atoms with Crippen molar-refractivity contribution < 1.29 is 18.3 Å². The number of nitrogens with zero attached hydrogens (tertiary/aromatic N) is 1. The van der Waals surface area contributed by atoms with Crippen molar-refractivity contribution in [1.29, 1.82) is 0 Å². The summed E-state index contributed by atoms with van der Waals surface area (Å²) >= 11 is 3.06. The molecule has 1 fully saturated rings. The molecule has 1 aliphatic heterocycles. The first kappa shape index (κ1) is 13.8. The minimum atomic E-state index is -4.33. The smallest absolute Gasteiger partial charge is 0.396 e. The monoisotopic (exact) mass is 323 g/mol. The molecule has 1 aliphatic rings. The molecule has 1 aromatic carbocycles. The van der Waals surface area contributed by atoms with Gasteiger partial charge in [0.05, 0.1) is 5.56 Å². The molecule has 18 heavy (non-hydrogen) atoms. The van der Waals surface area contributed by atoms with Crippen LogP contribution in [0.3, 0.4) is 0 Å². The molecule has 0 amide bonds. The maximum atomic E-state index is 12.9. The highest BCUT2D eigenvalue weighted by Gasteiger charge is 2.35. The predicted molar refractivity (Wildman–Crippen MR) is 65.0 cm³/mol. The molecular weight excluding hydrogens is 311 g/mol. The largest absolute Gasteiger partial charge is 0.416 e. The van der Waals surface area contributed by atoms with Gasteiger partial charge >= 0.3 is 6.18 Å². The zero-order valence-electron chi connectivity index (χ0n) is 9.54. The molecule has 6 heteroatoms. The summed E-state index contributed by atoms with van der Waals surface area (Å²) in [6, 6.07) is 4.23. The van der Waals surface area contributed by atoms with Crippen LogP contribution in [-0.2, 0) is 12.7 Å². The lowest BCUT2D eigenvalue weighted by Gasteiger charge is -2.38. The third-order valence-electron chi connectivity index (χ3n) is 3.06. The molecule has 0 aromatic heterocycles. The van der Waals surface area contributed by atoms with Crippen LogP contribution in [0.2, 0.25) is 0 Å². The third kappa shape index (κ3) is 3.05. The second-order valence-corrected chi connectivity index (χ2v) is 5.46. The summed E-state index contributed by atoms with van der Waals surface area (Å²) < 4.78 is 39.0. The van der Waals surface area contributed by atoms with Gasteiger partial charge in [-0.05, 0) is 17.7 Å². The van der Waals surface area contributed by atoms with E-state index in [0.29, 0.717) is 17.6 Å². The lowest BCUT2D eigenvalue weighted by atomic mass is 9.99. The molecule has 0 aliphatic carbocycles. The first-order valence-electron chi connectivity index (χ1n) is 5.59. The highest BCUT2D eigenvalue weighted by Crippen LogP contribution is 2.35. The van der Waals surface area contributed by atoms with Crippen LogP contribution in [-0.4, -0.2) is 29.7 Å². The van der Waals surface area contributed by atoms with Gasteiger partial charge < -0.3 is 5.11 Å². The van der Waals surface area contributed by atoms with Crippen molar-refractivity contribution >= 4 is 15.9 Å². The Bertz CT molecular complexity index is 430. The Morgan fingerprint density at radius 1 is 1.33 bits per heavy atom. The van der Waals surface area contributed by atoms with Gasteiger partial charge in [-0.15, -0.1) is 0 Å². The Hall–Kier alpha value is -0.590. The summed E-state index contributed by atoms with van der Waals surface area (Å²) in [7, 11) is 0. The zero-order valence-corrected chi connectivity index (χ0v) is 11.1. The van der Waals surface area contributed by atoms with E-state index in [9.17, 15) is 13.2 Å². The fourth-order valence-corrected chi connectivity index (χ4v) is 2.47. The van der Waals surface area contributed by atoms with Gasteiger partial charge in [0.1, 0.15) is 0 Å². The molecule has 1 aromatic rings. The Morgan fingerprint density at radius 3 is 2.56 bits per heavy atom. The molecule has 1 heterocycles. The molecule has 0 saturated carbocycles. The van der Waals surface area contributed by atoms with Crippen LogP contribution in [0.4, 0.5) is 13.2 Å². The second-order valence-electron chi connectivity index (χ2n) is 4.54. The van der Waals surface area contributed by atoms with Crippen molar-refractivity contribution in [2.45, 2.75) is 12.7 Å². The Balaban J connectivity index is 2.13. The number of halogens is 4. The normalized spacial score (nSPS) is 17.8. The van der Waals surface area contributed by atoms with E-state index in [1.165, 1.54) is 6.07 Å². The number of hydrogen-bond donors (Lipinski definition) is 1. The predicted octanol–water partition coefficient (Wildman–Crippen LogP) is 2.89. The molecule has 0 radical (unpaired) electrons. The Labute approximate surface area is 112 Å². The van der Waals surface area contributed by atoms with Crippen molar-refractivity contribution in [3.05, 3.63) is 33.8 Å². The summed E-state index contributed by atoms with van der Waals surface area (Å²) in [5.41, 5.74) is -0.314. The van der Waals surface area contributed by atoms with Gasteiger partial charge in [0.25, 0.3) is 0 Å². The van der Waals surface area contributed by atoms with Crippen LogP contribution in [0.1, 0.15) is 11.1 Å². The molecule has 1 N–H and O–H groups in total. The number of likely N-dealkylation sites (tertiary alicyclic amines) is 1. The van der Waals surface area contributed by atoms with E-state index in [0.717, 1.165) is 6.07 Å². The average Bonchev–Trinajstić information content (AvgIpc) is 2.23. The number of hydrogen-bond acceptors (Lipinski definition) is 2. The van der Waals surface area contributed by atoms with Crippen LogP contribution in [0.25, 0.3) is 0 Å². The fraction of sp³-hybridized carbons (Fsp3) is 0.500. The first-order chi connectivity index (χ1) is 8.40. The minimum Gasteiger partial charge on any atom is -0.396 e. The van der Waals surface area contributed by atoms with Gasteiger partial charge in [-0.1, -0.05) is 22.0 Å². The van der Waals surface area contributed by atoms with Gasteiger partial charge in [-0.25, -0.2) is 0 Å². The molecule has 100 valence electrons. The summed E-state index contributed by atoms with van der Waals surface area (Å²) in [5.74, 6) is 0.204. The maximum absolute atomic E-state index is 12.9. The molecule has 2 nitrogen and oxygen atoms in total. The van der Waals surface area contributed by atoms with Crippen molar-refractivity contribution in [2.75, 3.05) is 19.7 Å². The quantitative estimate of drug-likeness (QED) is 0.924. The van der Waals surface area contributed by atoms with E-state index in [4.69, 9.17) is 5.11 Å². The molecular formula is C12H13BrF3NO. The highest BCUT2D eigenvalue weighted by molar-refractivity contribution is 9.10. The average molecular weight is 324 g/mol. The summed E-state index contributed by atoms with van der Waals surface area (Å²) in [5, 5.41) is 8.88. The van der Waals surface area contributed by atoms with E-state index in [2.05, 4.69) is 15.9 Å². The standard InChI is InChI=1S/C12H13BrF3NO/c13-10-2-1-9(11(3-10)12(14,15)16)6-17-4-8(5-17)7-18/h1-3,8,18H,4-7H2. The van der Waals surface area contributed by atoms with Gasteiger partial charge in [0.2, 0.25) is 0 Å². The van der Waals surface area contributed by atoms with Gasteiger partial charge in [-0.3, -0.25) is 4.90 Å². The molecule has 0 spiro atoms. The molecule has 2 rings (SSSR count). The lowest BCUT2D eigenvalue weighted by Crippen LogP contribution is -2.47. The fourth-order valence-electron chi connectivity index (χ4n) is 2.11. The van der Waals surface area contributed by atoms with Gasteiger partial charge in [0, 0.05) is 36.6 Å². The van der Waals surface area contributed by atoms with E-state index in [1.807, 2.05) is 4.90 Å². The van der Waals surface area contributed by atoms with E-state index in [-0.39, 0.29) is 24.6 Å². The van der Waals surface area contributed by atoms with Gasteiger partial charge in [-0.2, -0.15) is 13.2 Å². The summed E-state index contributed by atoms with van der Waals surface area (Å²) in [6.07, 6.45) is -4.33. The number of alkyl halides is 3. The van der Waals surface area contributed by atoms with Gasteiger partial charge in [0.15, 0.2) is 0 Å². The summed E-state index contributed by atoms with van der Waals surface area (Å²) in [4.78, 5) is 1.90. The van der Waals surface area contributed by atoms with Crippen molar-refractivity contribution in [3.8, 4) is 0 Å². The summed E-state index contributed by atoms with van der Waals surface area (Å²) in [6.45, 7) is 1.69. The SMILES string of the molecule is OCC1CN(Cc2ccc(Br)cc2C(F)(F)F)C1. The Morgan fingerprint density at radius 2 is 2.00 bits per heavy atom. The minimum absolute atomic E-state index is 0.100. The molecule has 0 bridgehead atoms. The van der Waals surface area contributed by atoms with Crippen molar-refractivity contribution in [2.24, 2.45) is 5.92 Å². The maximum Gasteiger partial charge on any atom is 0.416 e. The zero-order chi connectivity index (χ0) is 13.3. The number of aliphatic hydroxyl groups excluding tert-OH is 1. The lowest BCUT2D eigenvalue weighted by molar-refractivity contribution is -0.138. The molecule has 0 atom stereocenters. The van der Waals surface area contributed by atoms with Crippen LogP contribution < -0.4 is 0 Å². The third-order valence-corrected chi connectivity index (χ3v) is 3.56. The molecule has 1 saturated heterocycles. The highest BCUT2D eigenvalue weighted by atomic mass is 79.9. The number of benzene rings is 1. The number of aliphatic hydroxyl groups is 1.